The highest BCUT2D eigenvalue weighted by atomic mass is 32.2. The molecule has 7 heteroatoms. The summed E-state index contributed by atoms with van der Waals surface area (Å²) in [6, 6.07) is 10.7. The van der Waals surface area contributed by atoms with Crippen molar-refractivity contribution in [2.75, 3.05) is 36.1 Å². The molecule has 0 aliphatic rings. The summed E-state index contributed by atoms with van der Waals surface area (Å²) in [5.74, 6) is 0.696. The molecule has 1 aromatic heterocycles. The summed E-state index contributed by atoms with van der Waals surface area (Å²) in [5.41, 5.74) is 1.59. The summed E-state index contributed by atoms with van der Waals surface area (Å²) in [5, 5.41) is 0. The van der Waals surface area contributed by atoms with Gasteiger partial charge in [0.05, 0.1) is 12.8 Å². The molecule has 0 atom stereocenters. The van der Waals surface area contributed by atoms with Crippen LogP contribution in [0.15, 0.2) is 48.8 Å². The van der Waals surface area contributed by atoms with Crippen LogP contribution in [0.5, 0.6) is 5.75 Å². The van der Waals surface area contributed by atoms with E-state index >= 15 is 0 Å². The zero-order valence-electron chi connectivity index (χ0n) is 12.6. The third-order valence-electron chi connectivity index (χ3n) is 2.96. The predicted octanol–water partition coefficient (Wildman–Crippen LogP) is 1.97. The van der Waals surface area contributed by atoms with E-state index in [2.05, 4.69) is 14.6 Å². The molecular formula is C15H19N3O3S. The average molecular weight is 321 g/mol. The number of aromatic nitrogens is 1. The summed E-state index contributed by atoms with van der Waals surface area (Å²) in [7, 11) is -1.27. The molecule has 6 nitrogen and oxygen atoms in total. The Hall–Kier alpha value is -2.28. The van der Waals surface area contributed by atoms with E-state index in [0.29, 0.717) is 18.0 Å². The molecular weight excluding hydrogens is 302 g/mol. The lowest BCUT2D eigenvalue weighted by molar-refractivity contribution is 0.326. The Morgan fingerprint density at radius 3 is 2.36 bits per heavy atom. The molecule has 0 radical (unpaired) electrons. The van der Waals surface area contributed by atoms with E-state index in [4.69, 9.17) is 4.74 Å². The van der Waals surface area contributed by atoms with Crippen LogP contribution in [0.1, 0.15) is 0 Å². The lowest BCUT2D eigenvalue weighted by atomic mass is 10.3. The van der Waals surface area contributed by atoms with Crippen LogP contribution in [0.3, 0.4) is 0 Å². The first-order chi connectivity index (χ1) is 10.4. The quantitative estimate of drug-likeness (QED) is 0.844. The van der Waals surface area contributed by atoms with Crippen molar-refractivity contribution in [1.29, 1.82) is 0 Å². The molecule has 0 fully saturated rings. The van der Waals surface area contributed by atoms with E-state index in [-0.39, 0.29) is 0 Å². The van der Waals surface area contributed by atoms with Gasteiger partial charge >= 0.3 is 0 Å². The number of likely N-dealkylation sites (N-methyl/N-ethyl adjacent to an activating group) is 1. The number of pyridine rings is 1. The molecule has 0 spiro atoms. The van der Waals surface area contributed by atoms with E-state index in [1.807, 2.05) is 19.2 Å². The predicted molar refractivity (Wildman–Crippen MR) is 87.9 cm³/mol. The van der Waals surface area contributed by atoms with Crippen LogP contribution in [0.25, 0.3) is 0 Å². The number of nitrogens with zero attached hydrogens (tertiary/aromatic N) is 2. The summed E-state index contributed by atoms with van der Waals surface area (Å²) in [4.78, 5) is 6.05. The van der Waals surface area contributed by atoms with Gasteiger partial charge in [-0.1, -0.05) is 0 Å². The average Bonchev–Trinajstić information content (AvgIpc) is 2.48. The minimum absolute atomic E-state index is 0.517. The van der Waals surface area contributed by atoms with Gasteiger partial charge in [0, 0.05) is 30.8 Å². The molecule has 0 saturated carbocycles. The van der Waals surface area contributed by atoms with Crippen molar-refractivity contribution in [3.05, 3.63) is 48.8 Å². The normalized spacial score (nSPS) is 11.0. The molecule has 118 valence electrons. The molecule has 1 heterocycles. The Labute approximate surface area is 130 Å². The Morgan fingerprint density at radius 1 is 1.14 bits per heavy atom. The van der Waals surface area contributed by atoms with Gasteiger partial charge in [0.15, 0.2) is 0 Å². The molecule has 1 N–H and O–H groups in total. The van der Waals surface area contributed by atoms with Crippen molar-refractivity contribution >= 4 is 21.4 Å². The molecule has 2 rings (SSSR count). The Bertz CT molecular complexity index is 688. The fraction of sp³-hybridized carbons (Fsp3) is 0.267. The van der Waals surface area contributed by atoms with Crippen LogP contribution in [-0.4, -0.2) is 39.9 Å². The van der Waals surface area contributed by atoms with E-state index < -0.39 is 10.0 Å². The lowest BCUT2D eigenvalue weighted by Gasteiger charge is -2.19. The summed E-state index contributed by atoms with van der Waals surface area (Å²) in [6.45, 7) is 1.25. The van der Waals surface area contributed by atoms with Gasteiger partial charge < -0.3 is 9.64 Å². The van der Waals surface area contributed by atoms with E-state index in [0.717, 1.165) is 18.5 Å². The first kappa shape index (κ1) is 16.1. The standard InChI is InChI=1S/C15H19N3O3S/c1-18(14-7-9-16-10-8-14)11-12-21-15-5-3-13(4-6-15)17-22(2,19)20/h3-10,17H,11-12H2,1-2H3. The molecule has 0 aliphatic carbocycles. The topological polar surface area (TPSA) is 71.5 Å². The second-order valence-electron chi connectivity index (χ2n) is 4.87. The maximum absolute atomic E-state index is 11.1. The van der Waals surface area contributed by atoms with E-state index in [1.54, 1.807) is 36.7 Å². The smallest absolute Gasteiger partial charge is 0.229 e. The van der Waals surface area contributed by atoms with E-state index in [1.165, 1.54) is 0 Å². The van der Waals surface area contributed by atoms with Gasteiger partial charge in [-0.05, 0) is 36.4 Å². The molecule has 2 aromatic rings. The molecule has 22 heavy (non-hydrogen) atoms. The van der Waals surface area contributed by atoms with Gasteiger partial charge in [0.2, 0.25) is 10.0 Å². The minimum Gasteiger partial charge on any atom is -0.492 e. The Kier molecular flexibility index (Phi) is 5.21. The maximum atomic E-state index is 11.1. The van der Waals surface area contributed by atoms with Gasteiger partial charge in [-0.25, -0.2) is 8.42 Å². The van der Waals surface area contributed by atoms with Gasteiger partial charge in [0.1, 0.15) is 12.4 Å². The third kappa shape index (κ3) is 5.25. The van der Waals surface area contributed by atoms with Crippen molar-refractivity contribution < 1.29 is 13.2 Å². The number of anilines is 2. The fourth-order valence-corrected chi connectivity index (χ4v) is 2.43. The summed E-state index contributed by atoms with van der Waals surface area (Å²) < 4.78 is 30.3. The van der Waals surface area contributed by atoms with Gasteiger partial charge in [0.25, 0.3) is 0 Å². The zero-order chi connectivity index (χ0) is 16.0. The fourth-order valence-electron chi connectivity index (χ4n) is 1.86. The van der Waals surface area contributed by atoms with Crippen molar-refractivity contribution in [1.82, 2.24) is 4.98 Å². The van der Waals surface area contributed by atoms with Crippen molar-refractivity contribution in [2.24, 2.45) is 0 Å². The number of rotatable bonds is 7. The Balaban J connectivity index is 1.82. The van der Waals surface area contributed by atoms with Gasteiger partial charge in [-0.15, -0.1) is 0 Å². The van der Waals surface area contributed by atoms with Crippen molar-refractivity contribution in [3.8, 4) is 5.75 Å². The Morgan fingerprint density at radius 2 is 1.77 bits per heavy atom. The highest BCUT2D eigenvalue weighted by Gasteiger charge is 2.03. The molecule has 0 unspecified atom stereocenters. The van der Waals surface area contributed by atoms with Crippen LogP contribution in [0, 0.1) is 0 Å². The second kappa shape index (κ2) is 7.13. The number of benzene rings is 1. The summed E-state index contributed by atoms with van der Waals surface area (Å²) in [6.07, 6.45) is 4.62. The maximum Gasteiger partial charge on any atom is 0.229 e. The zero-order valence-corrected chi connectivity index (χ0v) is 13.4. The van der Waals surface area contributed by atoms with Crippen LogP contribution >= 0.6 is 0 Å². The van der Waals surface area contributed by atoms with Crippen molar-refractivity contribution in [3.63, 3.8) is 0 Å². The third-order valence-corrected chi connectivity index (χ3v) is 3.56. The molecule has 0 bridgehead atoms. The van der Waals surface area contributed by atoms with Crippen LogP contribution in [0.4, 0.5) is 11.4 Å². The first-order valence-electron chi connectivity index (χ1n) is 6.76. The number of hydrogen-bond acceptors (Lipinski definition) is 5. The largest absolute Gasteiger partial charge is 0.492 e. The number of nitrogens with one attached hydrogen (secondary N) is 1. The summed E-state index contributed by atoms with van der Waals surface area (Å²) >= 11 is 0. The van der Waals surface area contributed by atoms with Crippen LogP contribution < -0.4 is 14.4 Å². The number of sulfonamides is 1. The number of ether oxygens (including phenoxy) is 1. The lowest BCUT2D eigenvalue weighted by Crippen LogP contribution is -2.23. The molecule has 0 aliphatic heterocycles. The van der Waals surface area contributed by atoms with Crippen LogP contribution in [-0.2, 0) is 10.0 Å². The monoisotopic (exact) mass is 321 g/mol. The van der Waals surface area contributed by atoms with Gasteiger partial charge in [-0.2, -0.15) is 0 Å². The highest BCUT2D eigenvalue weighted by molar-refractivity contribution is 7.92. The van der Waals surface area contributed by atoms with Crippen LogP contribution in [0.2, 0.25) is 0 Å². The highest BCUT2D eigenvalue weighted by Crippen LogP contribution is 2.16. The number of hydrogen-bond donors (Lipinski definition) is 1. The molecule has 0 saturated heterocycles. The molecule has 1 aromatic carbocycles. The van der Waals surface area contributed by atoms with E-state index in [9.17, 15) is 8.42 Å². The minimum atomic E-state index is -3.25. The second-order valence-corrected chi connectivity index (χ2v) is 6.62. The van der Waals surface area contributed by atoms with Crippen molar-refractivity contribution in [2.45, 2.75) is 0 Å². The molecule has 0 amide bonds. The first-order valence-corrected chi connectivity index (χ1v) is 8.65. The van der Waals surface area contributed by atoms with Gasteiger partial charge in [-0.3, -0.25) is 9.71 Å². The SMILES string of the molecule is CN(CCOc1ccc(NS(C)(=O)=O)cc1)c1ccncc1.